The maximum Gasteiger partial charge on any atom is 0.0656 e. The van der Waals surface area contributed by atoms with E-state index >= 15 is 0 Å². The molecule has 0 unspecified atom stereocenters. The third-order valence-electron chi connectivity index (χ3n) is 3.83. The summed E-state index contributed by atoms with van der Waals surface area (Å²) < 4.78 is 0.570. The van der Waals surface area contributed by atoms with Gasteiger partial charge in [-0.1, -0.05) is 0 Å². The van der Waals surface area contributed by atoms with Crippen molar-refractivity contribution >= 4 is 23.5 Å². The van der Waals surface area contributed by atoms with Crippen LogP contribution in [0, 0.1) is 11.8 Å². The van der Waals surface area contributed by atoms with E-state index in [4.69, 9.17) is 5.73 Å². The van der Waals surface area contributed by atoms with Gasteiger partial charge in [-0.05, 0) is 49.0 Å². The van der Waals surface area contributed by atoms with Crippen LogP contribution < -0.4 is 5.73 Å². The van der Waals surface area contributed by atoms with Gasteiger partial charge in [0.2, 0.25) is 0 Å². The van der Waals surface area contributed by atoms with E-state index in [1.165, 1.54) is 37.2 Å². The first kappa shape index (κ1) is 8.93. The quantitative estimate of drug-likeness (QED) is 0.671. The lowest BCUT2D eigenvalue weighted by atomic mass is 9.95. The highest BCUT2D eigenvalue weighted by Gasteiger charge is 2.55. The minimum atomic E-state index is 0.525. The average Bonchev–Trinajstić information content (AvgIpc) is 2.62. The highest BCUT2D eigenvalue weighted by atomic mass is 32.2. The van der Waals surface area contributed by atoms with E-state index in [9.17, 15) is 0 Å². The van der Waals surface area contributed by atoms with Crippen molar-refractivity contribution in [1.29, 1.82) is 0 Å². The van der Waals surface area contributed by atoms with Crippen LogP contribution in [0.4, 0.5) is 0 Å². The molecular formula is C10H17NS2. The Hall–Kier alpha value is 0.660. The summed E-state index contributed by atoms with van der Waals surface area (Å²) in [5, 5.41) is 0. The summed E-state index contributed by atoms with van der Waals surface area (Å²) in [6, 6.07) is 0.525. The van der Waals surface area contributed by atoms with Gasteiger partial charge in [0.1, 0.15) is 0 Å². The predicted octanol–water partition coefficient (Wildman–Crippen LogP) is 2.31. The summed E-state index contributed by atoms with van der Waals surface area (Å²) in [5.41, 5.74) is 6.20. The summed E-state index contributed by atoms with van der Waals surface area (Å²) >= 11 is 4.45. The summed E-state index contributed by atoms with van der Waals surface area (Å²) in [6.07, 6.45) is 5.61. The van der Waals surface area contributed by atoms with Crippen LogP contribution in [0.2, 0.25) is 0 Å². The van der Waals surface area contributed by atoms with Gasteiger partial charge in [-0.3, -0.25) is 0 Å². The molecule has 3 rings (SSSR count). The molecule has 0 aromatic rings. The van der Waals surface area contributed by atoms with Crippen LogP contribution in [-0.4, -0.2) is 21.6 Å². The van der Waals surface area contributed by atoms with E-state index in [0.29, 0.717) is 10.1 Å². The molecule has 1 heterocycles. The lowest BCUT2D eigenvalue weighted by Gasteiger charge is -2.42. The van der Waals surface area contributed by atoms with Gasteiger partial charge in [-0.2, -0.15) is 0 Å². The van der Waals surface area contributed by atoms with Crippen molar-refractivity contribution in [2.24, 2.45) is 17.6 Å². The van der Waals surface area contributed by atoms with Crippen molar-refractivity contribution in [3.8, 4) is 0 Å². The Kier molecular flexibility index (Phi) is 2.11. The van der Waals surface area contributed by atoms with Gasteiger partial charge in [-0.25, -0.2) is 0 Å². The zero-order valence-electron chi connectivity index (χ0n) is 7.87. The lowest BCUT2D eigenvalue weighted by molar-refractivity contribution is 0.406. The highest BCUT2D eigenvalue weighted by molar-refractivity contribution is 8.18. The second kappa shape index (κ2) is 3.07. The Morgan fingerprint density at radius 2 is 1.92 bits per heavy atom. The summed E-state index contributed by atoms with van der Waals surface area (Å²) in [5.74, 6) is 4.57. The van der Waals surface area contributed by atoms with Crippen molar-refractivity contribution in [2.75, 3.05) is 11.5 Å². The average molecular weight is 215 g/mol. The van der Waals surface area contributed by atoms with Crippen molar-refractivity contribution in [3.05, 3.63) is 0 Å². The first-order valence-electron chi connectivity index (χ1n) is 5.34. The molecule has 2 saturated carbocycles. The molecule has 0 amide bonds. The SMILES string of the molecule is N[C@H]1C[C@H]2C[C@@H]1C1(C2)SCCCS1. The number of nitrogens with two attached hydrogens (primary N) is 1. The van der Waals surface area contributed by atoms with E-state index in [1.807, 2.05) is 0 Å². The molecular weight excluding hydrogens is 198 g/mol. The van der Waals surface area contributed by atoms with Crippen LogP contribution in [0.25, 0.3) is 0 Å². The van der Waals surface area contributed by atoms with Crippen LogP contribution in [-0.2, 0) is 0 Å². The number of rotatable bonds is 0. The third kappa shape index (κ3) is 1.27. The third-order valence-corrected chi connectivity index (χ3v) is 7.44. The fourth-order valence-electron chi connectivity index (χ4n) is 3.33. The molecule has 0 aromatic heterocycles. The van der Waals surface area contributed by atoms with Crippen molar-refractivity contribution in [1.82, 2.24) is 0 Å². The topological polar surface area (TPSA) is 26.0 Å². The summed E-state index contributed by atoms with van der Waals surface area (Å²) in [7, 11) is 0. The van der Waals surface area contributed by atoms with Crippen LogP contribution in [0.5, 0.6) is 0 Å². The van der Waals surface area contributed by atoms with Crippen LogP contribution in [0.15, 0.2) is 0 Å². The molecule has 1 aliphatic heterocycles. The Morgan fingerprint density at radius 1 is 1.15 bits per heavy atom. The minimum Gasteiger partial charge on any atom is -0.327 e. The maximum atomic E-state index is 6.20. The molecule has 0 radical (unpaired) electrons. The van der Waals surface area contributed by atoms with Crippen LogP contribution >= 0.6 is 23.5 Å². The van der Waals surface area contributed by atoms with Gasteiger partial charge < -0.3 is 5.73 Å². The van der Waals surface area contributed by atoms with E-state index < -0.39 is 0 Å². The fourth-order valence-corrected chi connectivity index (χ4v) is 7.29. The molecule has 3 aliphatic rings. The Bertz CT molecular complexity index is 213. The van der Waals surface area contributed by atoms with Crippen molar-refractivity contribution in [3.63, 3.8) is 0 Å². The van der Waals surface area contributed by atoms with Gasteiger partial charge in [0, 0.05) is 6.04 Å². The molecule has 0 aromatic carbocycles. The van der Waals surface area contributed by atoms with Crippen LogP contribution in [0.1, 0.15) is 25.7 Å². The van der Waals surface area contributed by atoms with Crippen LogP contribution in [0.3, 0.4) is 0 Å². The number of hydrogen-bond acceptors (Lipinski definition) is 3. The predicted molar refractivity (Wildman–Crippen MR) is 61.1 cm³/mol. The Morgan fingerprint density at radius 3 is 2.54 bits per heavy atom. The Balaban J connectivity index is 1.83. The highest BCUT2D eigenvalue weighted by Crippen LogP contribution is 2.63. The van der Waals surface area contributed by atoms with Crippen molar-refractivity contribution < 1.29 is 0 Å². The molecule has 3 atom stereocenters. The normalized spacial score (nSPS) is 47.3. The maximum absolute atomic E-state index is 6.20. The first-order chi connectivity index (χ1) is 6.30. The van der Waals surface area contributed by atoms with Gasteiger partial charge in [0.05, 0.1) is 4.08 Å². The number of thioether (sulfide) groups is 2. The van der Waals surface area contributed by atoms with Gasteiger partial charge in [-0.15, -0.1) is 23.5 Å². The molecule has 2 N–H and O–H groups in total. The monoisotopic (exact) mass is 215 g/mol. The van der Waals surface area contributed by atoms with E-state index in [-0.39, 0.29) is 0 Å². The van der Waals surface area contributed by atoms with Gasteiger partial charge >= 0.3 is 0 Å². The largest absolute Gasteiger partial charge is 0.327 e. The Labute approximate surface area is 88.6 Å². The van der Waals surface area contributed by atoms with E-state index in [0.717, 1.165) is 11.8 Å². The fraction of sp³-hybridized carbons (Fsp3) is 1.00. The second-order valence-electron chi connectivity index (χ2n) is 4.67. The first-order valence-corrected chi connectivity index (χ1v) is 7.31. The minimum absolute atomic E-state index is 0.525. The summed E-state index contributed by atoms with van der Waals surface area (Å²) in [6.45, 7) is 0. The molecule has 2 bridgehead atoms. The van der Waals surface area contributed by atoms with E-state index in [1.54, 1.807) is 0 Å². The van der Waals surface area contributed by atoms with Crippen molar-refractivity contribution in [2.45, 2.75) is 35.8 Å². The standard InChI is InChI=1S/C10H17NS2/c11-9-5-7-4-8(9)10(6-7)12-2-1-3-13-10/h7-9H,1-6,11H2/t7-,8+,9+/m1/s1. The lowest BCUT2D eigenvalue weighted by Crippen LogP contribution is -2.42. The zero-order valence-corrected chi connectivity index (χ0v) is 9.50. The number of fused-ring (bicyclic) bond motifs is 3. The second-order valence-corrected chi connectivity index (χ2v) is 7.78. The molecule has 3 fully saturated rings. The molecule has 1 nitrogen and oxygen atoms in total. The molecule has 2 aliphatic carbocycles. The van der Waals surface area contributed by atoms with Gasteiger partial charge in [0.25, 0.3) is 0 Å². The number of hydrogen-bond donors (Lipinski definition) is 1. The van der Waals surface area contributed by atoms with Gasteiger partial charge in [0.15, 0.2) is 0 Å². The molecule has 74 valence electrons. The molecule has 13 heavy (non-hydrogen) atoms. The van der Waals surface area contributed by atoms with E-state index in [2.05, 4.69) is 23.5 Å². The molecule has 1 saturated heterocycles. The summed E-state index contributed by atoms with van der Waals surface area (Å²) in [4.78, 5) is 0. The zero-order chi connectivity index (χ0) is 8.89. The molecule has 3 heteroatoms. The molecule has 1 spiro atoms. The smallest absolute Gasteiger partial charge is 0.0656 e.